The Kier molecular flexibility index (Phi) is 7.51. The summed E-state index contributed by atoms with van der Waals surface area (Å²) in [7, 11) is -1.87. The minimum atomic E-state index is -3.37. The lowest BCUT2D eigenvalue weighted by atomic mass is 10.0. The zero-order valence-corrected chi connectivity index (χ0v) is 24.0. The van der Waals surface area contributed by atoms with Gasteiger partial charge in [0.1, 0.15) is 17.7 Å². The molecule has 3 atom stereocenters. The minimum absolute atomic E-state index is 0.0550. The van der Waals surface area contributed by atoms with Gasteiger partial charge in [0, 0.05) is 42.5 Å². The molecule has 1 N–H and O–H groups in total. The van der Waals surface area contributed by atoms with Crippen LogP contribution in [0.1, 0.15) is 63.3 Å². The maximum atomic E-state index is 12.5. The van der Waals surface area contributed by atoms with Crippen molar-refractivity contribution in [2.75, 3.05) is 18.2 Å². The van der Waals surface area contributed by atoms with Crippen LogP contribution < -0.4 is 10.1 Å². The highest BCUT2D eigenvalue weighted by Gasteiger charge is 2.36. The summed E-state index contributed by atoms with van der Waals surface area (Å²) in [6.45, 7) is 6.12. The summed E-state index contributed by atoms with van der Waals surface area (Å²) >= 11 is 0. The molecule has 1 aliphatic carbocycles. The summed E-state index contributed by atoms with van der Waals surface area (Å²) in [5, 5.41) is 19.1. The monoisotopic (exact) mass is 584 g/mol. The van der Waals surface area contributed by atoms with Gasteiger partial charge in [-0.2, -0.15) is 5.10 Å². The van der Waals surface area contributed by atoms with Gasteiger partial charge in [-0.05, 0) is 70.4 Å². The molecule has 1 aliphatic heterocycles. The Morgan fingerprint density at radius 1 is 1.12 bits per heavy atom. The first kappa shape index (κ1) is 28.6. The van der Waals surface area contributed by atoms with Gasteiger partial charge in [0.2, 0.25) is 0 Å². The van der Waals surface area contributed by atoms with Gasteiger partial charge in [-0.15, -0.1) is 0 Å². The largest absolute Gasteiger partial charge is 0.514 e. The number of nitrogens with zero attached hydrogens (tertiary/aromatic N) is 3. The number of aromatic nitrogens is 2. The molecule has 0 radical (unpaired) electrons. The van der Waals surface area contributed by atoms with Gasteiger partial charge < -0.3 is 19.5 Å². The Bertz CT molecular complexity index is 1580. The van der Waals surface area contributed by atoms with Gasteiger partial charge in [-0.1, -0.05) is 0 Å². The first-order valence-corrected chi connectivity index (χ1v) is 14.9. The maximum Gasteiger partial charge on any atom is 0.514 e. The van der Waals surface area contributed by atoms with Crippen LogP contribution in [0.15, 0.2) is 53.4 Å². The van der Waals surface area contributed by atoms with Crippen LogP contribution in [0.2, 0.25) is 0 Å². The van der Waals surface area contributed by atoms with Crippen LogP contribution in [-0.2, 0) is 24.8 Å². The quantitative estimate of drug-likeness (QED) is 0.160. The van der Waals surface area contributed by atoms with Crippen LogP contribution in [0.25, 0.3) is 0 Å². The number of carbonyl (C=O) groups is 1. The highest BCUT2D eigenvalue weighted by atomic mass is 32.2. The highest BCUT2D eigenvalue weighted by molar-refractivity contribution is 7.91. The van der Waals surface area contributed by atoms with Crippen molar-refractivity contribution in [3.63, 3.8) is 0 Å². The number of nitro benzene ring substituents is 1. The molecule has 0 amide bonds. The summed E-state index contributed by atoms with van der Waals surface area (Å²) in [6.07, 6.45) is 0.252. The number of rotatable bonds is 7. The Morgan fingerprint density at radius 2 is 1.85 bits per heavy atom. The lowest BCUT2D eigenvalue weighted by Crippen LogP contribution is -2.24. The molecular weight excluding hydrogens is 552 g/mol. The van der Waals surface area contributed by atoms with Crippen molar-refractivity contribution in [3.8, 4) is 5.75 Å². The lowest BCUT2D eigenvalue weighted by Gasteiger charge is -2.23. The molecule has 5 rings (SSSR count). The van der Waals surface area contributed by atoms with Gasteiger partial charge in [-0.25, -0.2) is 17.9 Å². The Hall–Kier alpha value is -3.97. The van der Waals surface area contributed by atoms with E-state index in [4.69, 9.17) is 19.3 Å². The highest BCUT2D eigenvalue weighted by Crippen LogP contribution is 2.40. The minimum Gasteiger partial charge on any atom is -0.431 e. The van der Waals surface area contributed by atoms with Gasteiger partial charge >= 0.3 is 6.16 Å². The average molecular weight is 585 g/mol. The number of methoxy groups -OCH3 is 1. The summed E-state index contributed by atoms with van der Waals surface area (Å²) < 4.78 is 43.0. The second-order valence-electron chi connectivity index (χ2n) is 11.3. The number of non-ortho nitro benzene ring substituents is 1. The molecular formula is C28H32N4O8S. The zero-order valence-electron chi connectivity index (χ0n) is 23.2. The number of nitrogens with one attached hydrogen (secondary N) is 1. The molecule has 13 heteroatoms. The maximum absolute atomic E-state index is 12.5. The van der Waals surface area contributed by atoms with E-state index in [1.807, 2.05) is 37.6 Å². The molecule has 0 bridgehead atoms. The molecule has 0 saturated heterocycles. The van der Waals surface area contributed by atoms with E-state index in [0.717, 1.165) is 23.6 Å². The van der Waals surface area contributed by atoms with E-state index < -0.39 is 27.0 Å². The van der Waals surface area contributed by atoms with Crippen molar-refractivity contribution >= 4 is 33.2 Å². The summed E-state index contributed by atoms with van der Waals surface area (Å²) in [5.41, 5.74) is 1.77. The van der Waals surface area contributed by atoms with Crippen LogP contribution >= 0.6 is 0 Å². The normalized spacial score (nSPS) is 21.3. The molecule has 2 heterocycles. The second-order valence-corrected chi connectivity index (χ2v) is 13.3. The summed E-state index contributed by atoms with van der Waals surface area (Å²) in [4.78, 5) is 22.9. The Labute approximate surface area is 237 Å². The standard InChI is InChI=1S/C28H32N4O8S/c1-28(2,3)31-26(29-18-6-12-25-22(14-18)24(38-4)16-41(25,36)37)15-23(30-31)17-5-9-21(13-17)40-27(33)39-20-10-7-19(8-11-20)32(34)35/h6-8,10-12,14-15,17,21,24,29H,5,9,13,16H2,1-4H3/t17-,21+,24?/m0/s1. The molecule has 1 fully saturated rings. The zero-order chi connectivity index (χ0) is 29.5. The lowest BCUT2D eigenvalue weighted by molar-refractivity contribution is -0.384. The van der Waals surface area contributed by atoms with Crippen LogP contribution in [0, 0.1) is 10.1 Å². The Morgan fingerprint density at radius 3 is 2.51 bits per heavy atom. The van der Waals surface area contributed by atoms with Gasteiger partial charge in [0.25, 0.3) is 5.69 Å². The molecule has 1 saturated carbocycles. The third-order valence-corrected chi connectivity index (χ3v) is 9.08. The number of ether oxygens (including phenoxy) is 3. The topological polar surface area (TPSA) is 152 Å². The number of benzene rings is 2. The molecule has 12 nitrogen and oxygen atoms in total. The molecule has 218 valence electrons. The molecule has 1 aromatic heterocycles. The predicted octanol–water partition coefficient (Wildman–Crippen LogP) is 5.62. The first-order chi connectivity index (χ1) is 19.3. The summed E-state index contributed by atoms with van der Waals surface area (Å²) in [6, 6.07) is 12.3. The second kappa shape index (κ2) is 10.8. The summed E-state index contributed by atoms with van der Waals surface area (Å²) in [5.74, 6) is 0.901. The third-order valence-electron chi connectivity index (χ3n) is 7.30. The van der Waals surface area contributed by atoms with Crippen LogP contribution in [-0.4, -0.2) is 48.2 Å². The van der Waals surface area contributed by atoms with E-state index in [1.165, 1.54) is 31.4 Å². The van der Waals surface area contributed by atoms with Gasteiger partial charge in [-0.3, -0.25) is 10.1 Å². The van der Waals surface area contributed by atoms with E-state index in [0.29, 0.717) is 23.3 Å². The van der Waals surface area contributed by atoms with Crippen molar-refractivity contribution < 1.29 is 32.3 Å². The third kappa shape index (κ3) is 6.05. The van der Waals surface area contributed by atoms with E-state index in [1.54, 1.807) is 12.1 Å². The van der Waals surface area contributed by atoms with Crippen molar-refractivity contribution in [2.24, 2.45) is 0 Å². The van der Waals surface area contributed by atoms with Crippen LogP contribution in [0.4, 0.5) is 22.0 Å². The fraction of sp³-hybridized carbons (Fsp3) is 0.429. The molecule has 3 aromatic rings. The van der Waals surface area contributed by atoms with E-state index in [2.05, 4.69) is 5.32 Å². The number of carbonyl (C=O) groups excluding carboxylic acids is 1. The van der Waals surface area contributed by atoms with Crippen molar-refractivity contribution in [3.05, 3.63) is 69.9 Å². The first-order valence-electron chi connectivity index (χ1n) is 13.2. The molecule has 0 spiro atoms. The average Bonchev–Trinajstić information content (AvgIpc) is 3.60. The van der Waals surface area contributed by atoms with Crippen LogP contribution in [0.3, 0.4) is 0 Å². The number of nitro groups is 1. The smallest absolute Gasteiger partial charge is 0.431 e. The number of anilines is 2. The van der Waals surface area contributed by atoms with Crippen molar-refractivity contribution in [1.82, 2.24) is 9.78 Å². The predicted molar refractivity (Wildman–Crippen MR) is 149 cm³/mol. The number of sulfone groups is 1. The number of fused-ring (bicyclic) bond motifs is 1. The van der Waals surface area contributed by atoms with Gasteiger partial charge in [0.15, 0.2) is 9.84 Å². The van der Waals surface area contributed by atoms with Crippen molar-refractivity contribution in [1.29, 1.82) is 0 Å². The molecule has 41 heavy (non-hydrogen) atoms. The number of hydrogen-bond acceptors (Lipinski definition) is 10. The fourth-order valence-corrected chi connectivity index (χ4v) is 7.01. The Balaban J connectivity index is 1.28. The van der Waals surface area contributed by atoms with E-state index in [9.17, 15) is 23.3 Å². The van der Waals surface area contributed by atoms with Crippen molar-refractivity contribution in [2.45, 2.75) is 68.6 Å². The SMILES string of the molecule is COC1CS(=O)(=O)c2ccc(Nc3cc([C@H]4CC[C@@H](OC(=O)Oc5ccc([N+](=O)[O-])cc5)C4)nn3C(C)(C)C)cc21. The number of hydrogen-bond donors (Lipinski definition) is 1. The van der Waals surface area contributed by atoms with E-state index in [-0.39, 0.29) is 34.8 Å². The fourth-order valence-electron chi connectivity index (χ4n) is 5.29. The molecule has 2 aliphatic rings. The molecule has 1 unspecified atom stereocenters. The van der Waals surface area contributed by atoms with E-state index >= 15 is 0 Å². The van der Waals surface area contributed by atoms with Gasteiger partial charge in [0.05, 0.1) is 32.9 Å². The van der Waals surface area contributed by atoms with Crippen LogP contribution in [0.5, 0.6) is 5.75 Å². The molecule has 2 aromatic carbocycles.